The molecule has 3 N–H and O–H groups in total. The highest BCUT2D eigenvalue weighted by Gasteiger charge is 2.28. The van der Waals surface area contributed by atoms with Gasteiger partial charge in [-0.15, -0.1) is 0 Å². The Morgan fingerprint density at radius 2 is 1.62 bits per heavy atom. The summed E-state index contributed by atoms with van der Waals surface area (Å²) in [6.45, 7) is 3.72. The van der Waals surface area contributed by atoms with Gasteiger partial charge in [0, 0.05) is 11.1 Å². The van der Waals surface area contributed by atoms with Crippen molar-refractivity contribution in [2.45, 2.75) is 19.9 Å². The lowest BCUT2D eigenvalue weighted by Crippen LogP contribution is -2.34. The minimum Gasteiger partial charge on any atom is -0.462 e. The lowest BCUT2D eigenvalue weighted by Gasteiger charge is -2.20. The molecule has 0 aliphatic heterocycles. The SMILES string of the molecule is Cc1ccc(C2=CC=C(c3ccc(C)o3)C(N)/C2=N\O)o1. The summed E-state index contributed by atoms with van der Waals surface area (Å²) in [5.41, 5.74) is 8.00. The Labute approximate surface area is 122 Å². The molecule has 0 amide bonds. The van der Waals surface area contributed by atoms with Crippen molar-refractivity contribution in [2.75, 3.05) is 0 Å². The maximum Gasteiger partial charge on any atom is 0.136 e. The number of furan rings is 2. The summed E-state index contributed by atoms with van der Waals surface area (Å²) < 4.78 is 11.2. The molecule has 1 unspecified atom stereocenters. The smallest absolute Gasteiger partial charge is 0.136 e. The first-order valence-electron chi connectivity index (χ1n) is 6.63. The summed E-state index contributed by atoms with van der Waals surface area (Å²) in [7, 11) is 0. The van der Waals surface area contributed by atoms with Gasteiger partial charge in [-0.3, -0.25) is 0 Å². The molecule has 5 heteroatoms. The molecule has 2 aromatic rings. The van der Waals surface area contributed by atoms with Crippen molar-refractivity contribution in [1.29, 1.82) is 0 Å². The molecule has 1 aliphatic rings. The fourth-order valence-electron chi connectivity index (χ4n) is 2.41. The maximum atomic E-state index is 9.34. The molecule has 0 bridgehead atoms. The molecular formula is C16H16N2O3. The third-order valence-electron chi connectivity index (χ3n) is 3.47. The molecule has 2 aromatic heterocycles. The Morgan fingerprint density at radius 1 is 1.00 bits per heavy atom. The first-order valence-corrected chi connectivity index (χ1v) is 6.63. The van der Waals surface area contributed by atoms with Crippen molar-refractivity contribution in [3.8, 4) is 0 Å². The number of allylic oxidation sites excluding steroid dienone is 2. The normalized spacial score (nSPS) is 20.5. The summed E-state index contributed by atoms with van der Waals surface area (Å²) in [6.07, 6.45) is 3.69. The number of rotatable bonds is 2. The lowest BCUT2D eigenvalue weighted by atomic mass is 9.89. The van der Waals surface area contributed by atoms with E-state index in [2.05, 4.69) is 5.16 Å². The molecule has 0 saturated heterocycles. The van der Waals surface area contributed by atoms with Gasteiger partial charge in [0.15, 0.2) is 0 Å². The first kappa shape index (κ1) is 13.5. The summed E-state index contributed by atoms with van der Waals surface area (Å²) in [5.74, 6) is 2.89. The zero-order valence-electron chi connectivity index (χ0n) is 11.8. The summed E-state index contributed by atoms with van der Waals surface area (Å²) >= 11 is 0. The van der Waals surface area contributed by atoms with E-state index in [9.17, 15) is 5.21 Å². The van der Waals surface area contributed by atoms with E-state index < -0.39 is 6.04 Å². The Hall–Kier alpha value is -2.53. The van der Waals surface area contributed by atoms with Crippen molar-refractivity contribution in [2.24, 2.45) is 10.9 Å². The van der Waals surface area contributed by atoms with E-state index in [1.165, 1.54) is 0 Å². The van der Waals surface area contributed by atoms with E-state index in [0.717, 1.165) is 17.1 Å². The average molecular weight is 284 g/mol. The van der Waals surface area contributed by atoms with Crippen LogP contribution in [0, 0.1) is 13.8 Å². The maximum absolute atomic E-state index is 9.34. The van der Waals surface area contributed by atoms with Crippen molar-refractivity contribution in [3.05, 3.63) is 59.5 Å². The molecule has 0 fully saturated rings. The first-order chi connectivity index (χ1) is 10.1. The van der Waals surface area contributed by atoms with E-state index >= 15 is 0 Å². The summed E-state index contributed by atoms with van der Waals surface area (Å²) in [5, 5.41) is 12.7. The zero-order valence-corrected chi connectivity index (χ0v) is 11.8. The van der Waals surface area contributed by atoms with E-state index in [1.807, 2.05) is 50.3 Å². The standard InChI is InChI=1S/C16H16N2O3/c1-9-3-7-13(20-9)11-5-6-12(16(18-19)15(11)17)14-8-4-10(2)21-14/h3-8,15,19H,17H2,1-2H3/b18-16-. The van der Waals surface area contributed by atoms with Gasteiger partial charge >= 0.3 is 0 Å². The van der Waals surface area contributed by atoms with Gasteiger partial charge in [0.1, 0.15) is 28.8 Å². The molecule has 5 nitrogen and oxygen atoms in total. The van der Waals surface area contributed by atoms with Crippen LogP contribution in [0.2, 0.25) is 0 Å². The van der Waals surface area contributed by atoms with E-state index in [0.29, 0.717) is 22.8 Å². The second-order valence-corrected chi connectivity index (χ2v) is 4.99. The molecule has 21 heavy (non-hydrogen) atoms. The number of oxime groups is 1. The average Bonchev–Trinajstić information content (AvgIpc) is 3.07. The lowest BCUT2D eigenvalue weighted by molar-refractivity contribution is 0.318. The molecule has 2 heterocycles. The molecule has 108 valence electrons. The highest BCUT2D eigenvalue weighted by molar-refractivity contribution is 6.30. The minimum absolute atomic E-state index is 0.357. The van der Waals surface area contributed by atoms with E-state index in [1.54, 1.807) is 0 Å². The molecule has 0 saturated carbocycles. The number of hydrogen-bond donors (Lipinski definition) is 2. The quantitative estimate of drug-likeness (QED) is 0.655. The number of nitrogens with two attached hydrogens (primary N) is 1. The Balaban J connectivity index is 2.07. The van der Waals surface area contributed by atoms with E-state index in [-0.39, 0.29) is 0 Å². The van der Waals surface area contributed by atoms with Gasteiger partial charge in [-0.1, -0.05) is 11.2 Å². The third-order valence-corrected chi connectivity index (χ3v) is 3.47. The number of hydrogen-bond acceptors (Lipinski definition) is 5. The van der Waals surface area contributed by atoms with Gasteiger partial charge in [0.05, 0.1) is 6.04 Å². The predicted octanol–water partition coefficient (Wildman–Crippen LogP) is 3.13. The fraction of sp³-hybridized carbons (Fsp3) is 0.188. The zero-order chi connectivity index (χ0) is 15.0. The summed E-state index contributed by atoms with van der Waals surface area (Å²) in [6, 6.07) is 6.83. The topological polar surface area (TPSA) is 84.9 Å². The van der Waals surface area contributed by atoms with Gasteiger partial charge in [0.2, 0.25) is 0 Å². The molecule has 3 rings (SSSR count). The number of aryl methyl sites for hydroxylation is 2. The molecule has 0 spiro atoms. The second kappa shape index (κ2) is 5.10. The Kier molecular flexibility index (Phi) is 3.27. The van der Waals surface area contributed by atoms with Crippen molar-refractivity contribution in [1.82, 2.24) is 0 Å². The van der Waals surface area contributed by atoms with Crippen molar-refractivity contribution >= 4 is 16.9 Å². The Bertz CT molecular complexity index is 762. The van der Waals surface area contributed by atoms with Crippen molar-refractivity contribution < 1.29 is 14.0 Å². The Morgan fingerprint density at radius 3 is 2.14 bits per heavy atom. The fourth-order valence-corrected chi connectivity index (χ4v) is 2.41. The van der Waals surface area contributed by atoms with Crippen LogP contribution in [0.4, 0.5) is 0 Å². The van der Waals surface area contributed by atoms with Crippen LogP contribution in [-0.4, -0.2) is 17.0 Å². The van der Waals surface area contributed by atoms with Crippen LogP contribution in [-0.2, 0) is 0 Å². The monoisotopic (exact) mass is 284 g/mol. The second-order valence-electron chi connectivity index (χ2n) is 4.99. The molecule has 1 aliphatic carbocycles. The van der Waals surface area contributed by atoms with Gasteiger partial charge in [0.25, 0.3) is 0 Å². The summed E-state index contributed by atoms with van der Waals surface area (Å²) in [4.78, 5) is 0. The van der Waals surface area contributed by atoms with Crippen LogP contribution in [0.25, 0.3) is 11.1 Å². The van der Waals surface area contributed by atoms with Crippen LogP contribution < -0.4 is 5.73 Å². The highest BCUT2D eigenvalue weighted by Crippen LogP contribution is 2.31. The largest absolute Gasteiger partial charge is 0.462 e. The molecular weight excluding hydrogens is 268 g/mol. The number of nitrogens with zero attached hydrogens (tertiary/aromatic N) is 1. The third kappa shape index (κ3) is 2.32. The highest BCUT2D eigenvalue weighted by atomic mass is 16.4. The van der Waals surface area contributed by atoms with E-state index in [4.69, 9.17) is 14.6 Å². The van der Waals surface area contributed by atoms with Gasteiger partial charge in [-0.2, -0.15) is 0 Å². The van der Waals surface area contributed by atoms with Crippen LogP contribution in [0.15, 0.2) is 50.4 Å². The van der Waals surface area contributed by atoms with Crippen LogP contribution in [0.5, 0.6) is 0 Å². The van der Waals surface area contributed by atoms with Gasteiger partial charge in [-0.05, 0) is 44.2 Å². The minimum atomic E-state index is -0.578. The van der Waals surface area contributed by atoms with Crippen LogP contribution >= 0.6 is 0 Å². The van der Waals surface area contributed by atoms with Crippen molar-refractivity contribution in [3.63, 3.8) is 0 Å². The molecule has 0 aromatic carbocycles. The van der Waals surface area contributed by atoms with Gasteiger partial charge in [-0.25, -0.2) is 0 Å². The van der Waals surface area contributed by atoms with Crippen LogP contribution in [0.1, 0.15) is 23.0 Å². The molecule has 0 radical (unpaired) electrons. The predicted molar refractivity (Wildman–Crippen MR) is 80.0 cm³/mol. The van der Waals surface area contributed by atoms with Crippen LogP contribution in [0.3, 0.4) is 0 Å². The molecule has 1 atom stereocenters. The van der Waals surface area contributed by atoms with Gasteiger partial charge < -0.3 is 19.8 Å².